The molecule has 1 N–H and O–H groups in total. The minimum Gasteiger partial charge on any atom is -0.337 e. The predicted octanol–water partition coefficient (Wildman–Crippen LogP) is 0.895. The zero-order valence-corrected chi connectivity index (χ0v) is 11.5. The van der Waals surface area contributed by atoms with Crippen molar-refractivity contribution in [2.45, 2.75) is 25.8 Å². The van der Waals surface area contributed by atoms with E-state index in [1.165, 1.54) is 6.26 Å². The first kappa shape index (κ1) is 14.2. The van der Waals surface area contributed by atoms with Crippen LogP contribution in [0.5, 0.6) is 0 Å². The highest BCUT2D eigenvalue weighted by molar-refractivity contribution is 7.90. The van der Waals surface area contributed by atoms with Crippen LogP contribution in [-0.2, 0) is 16.9 Å². The maximum Gasteiger partial charge on any atom is 0.147 e. The van der Waals surface area contributed by atoms with Crippen LogP contribution >= 0.6 is 0 Å². The summed E-state index contributed by atoms with van der Waals surface area (Å²) in [5.41, 5.74) is 0. The number of rotatable bonds is 7. The van der Waals surface area contributed by atoms with E-state index in [9.17, 15) is 8.42 Å². The van der Waals surface area contributed by atoms with Crippen molar-refractivity contribution >= 4 is 9.84 Å². The minimum atomic E-state index is -2.87. The lowest BCUT2D eigenvalue weighted by Gasteiger charge is -2.17. The van der Waals surface area contributed by atoms with Crippen molar-refractivity contribution in [2.24, 2.45) is 7.05 Å². The molecule has 0 aromatic carbocycles. The third-order valence-electron chi connectivity index (χ3n) is 2.63. The molecule has 6 heteroatoms. The molecule has 0 spiro atoms. The van der Waals surface area contributed by atoms with Crippen molar-refractivity contribution in [1.82, 2.24) is 14.9 Å². The molecule has 1 unspecified atom stereocenters. The highest BCUT2D eigenvalue weighted by atomic mass is 32.2. The largest absolute Gasteiger partial charge is 0.337 e. The normalized spacial score (nSPS) is 13.8. The van der Waals surface area contributed by atoms with Gasteiger partial charge in [-0.25, -0.2) is 13.4 Å². The molecule has 5 nitrogen and oxygen atoms in total. The standard InChI is InChI=1S/C11H21N3O2S/c1-4-12-10(6-5-9-17(3,15)16)11-13-7-8-14(11)2/h7-8,10,12H,4-6,9H2,1-3H3. The number of nitrogens with one attached hydrogen (secondary N) is 1. The van der Waals surface area contributed by atoms with E-state index in [0.717, 1.165) is 18.8 Å². The molecule has 1 rings (SSSR count). The lowest BCUT2D eigenvalue weighted by atomic mass is 10.1. The Morgan fingerprint density at radius 1 is 1.53 bits per heavy atom. The van der Waals surface area contributed by atoms with Gasteiger partial charge in [-0.2, -0.15) is 0 Å². The first-order valence-electron chi connectivity index (χ1n) is 5.82. The topological polar surface area (TPSA) is 64.0 Å². The number of aryl methyl sites for hydroxylation is 1. The molecule has 1 aromatic heterocycles. The molecule has 0 aliphatic heterocycles. The summed E-state index contributed by atoms with van der Waals surface area (Å²) >= 11 is 0. The molecule has 0 saturated heterocycles. The second kappa shape index (κ2) is 6.16. The van der Waals surface area contributed by atoms with Crippen molar-refractivity contribution in [2.75, 3.05) is 18.6 Å². The van der Waals surface area contributed by atoms with Crippen LogP contribution in [0.2, 0.25) is 0 Å². The van der Waals surface area contributed by atoms with E-state index in [1.807, 2.05) is 24.7 Å². The van der Waals surface area contributed by atoms with Crippen molar-refractivity contribution in [3.63, 3.8) is 0 Å². The van der Waals surface area contributed by atoms with Crippen LogP contribution < -0.4 is 5.32 Å². The summed E-state index contributed by atoms with van der Waals surface area (Å²) in [5, 5.41) is 3.33. The van der Waals surface area contributed by atoms with Gasteiger partial charge in [-0.1, -0.05) is 6.92 Å². The molecule has 0 fully saturated rings. The maximum absolute atomic E-state index is 11.1. The number of hydrogen-bond donors (Lipinski definition) is 1. The van der Waals surface area contributed by atoms with E-state index in [2.05, 4.69) is 10.3 Å². The van der Waals surface area contributed by atoms with Crippen LogP contribution in [-0.4, -0.2) is 36.5 Å². The van der Waals surface area contributed by atoms with Crippen molar-refractivity contribution in [3.05, 3.63) is 18.2 Å². The lowest BCUT2D eigenvalue weighted by molar-refractivity contribution is 0.472. The average molecular weight is 259 g/mol. The summed E-state index contributed by atoms with van der Waals surface area (Å²) in [6, 6.07) is 0.127. The fourth-order valence-corrected chi connectivity index (χ4v) is 2.52. The first-order chi connectivity index (χ1) is 7.94. The van der Waals surface area contributed by atoms with E-state index < -0.39 is 9.84 Å². The summed E-state index contributed by atoms with van der Waals surface area (Å²) in [7, 11) is -0.921. The van der Waals surface area contributed by atoms with Gasteiger partial charge in [-0.3, -0.25) is 0 Å². The molecule has 0 saturated carbocycles. The van der Waals surface area contributed by atoms with Gasteiger partial charge >= 0.3 is 0 Å². The van der Waals surface area contributed by atoms with Crippen molar-refractivity contribution in [3.8, 4) is 0 Å². The molecule has 0 radical (unpaired) electrons. The lowest BCUT2D eigenvalue weighted by Crippen LogP contribution is -2.24. The molecule has 1 aromatic rings. The molecule has 1 heterocycles. The van der Waals surface area contributed by atoms with E-state index >= 15 is 0 Å². The van der Waals surface area contributed by atoms with Gasteiger partial charge in [0.05, 0.1) is 6.04 Å². The molecule has 0 amide bonds. The van der Waals surface area contributed by atoms with Crippen LogP contribution in [0, 0.1) is 0 Å². The molecular weight excluding hydrogens is 238 g/mol. The predicted molar refractivity (Wildman–Crippen MR) is 68.6 cm³/mol. The third kappa shape index (κ3) is 4.87. The number of nitrogens with zero attached hydrogens (tertiary/aromatic N) is 2. The van der Waals surface area contributed by atoms with Gasteiger partial charge in [-0.15, -0.1) is 0 Å². The quantitative estimate of drug-likeness (QED) is 0.790. The van der Waals surface area contributed by atoms with Gasteiger partial charge < -0.3 is 9.88 Å². The molecule has 0 bridgehead atoms. The highest BCUT2D eigenvalue weighted by Crippen LogP contribution is 2.16. The molecule has 17 heavy (non-hydrogen) atoms. The zero-order chi connectivity index (χ0) is 12.9. The third-order valence-corrected chi connectivity index (χ3v) is 3.66. The number of sulfone groups is 1. The fourth-order valence-electron chi connectivity index (χ4n) is 1.83. The molecule has 1 atom stereocenters. The Morgan fingerprint density at radius 2 is 2.24 bits per heavy atom. The monoisotopic (exact) mass is 259 g/mol. The summed E-state index contributed by atoms with van der Waals surface area (Å²) in [5.74, 6) is 1.19. The van der Waals surface area contributed by atoms with Crippen LogP contribution in [0.3, 0.4) is 0 Å². The maximum atomic E-state index is 11.1. The molecule has 98 valence electrons. The number of aromatic nitrogens is 2. The van der Waals surface area contributed by atoms with Crippen LogP contribution in [0.4, 0.5) is 0 Å². The smallest absolute Gasteiger partial charge is 0.147 e. The Morgan fingerprint density at radius 3 is 2.71 bits per heavy atom. The average Bonchev–Trinajstić information content (AvgIpc) is 2.61. The molecule has 0 aliphatic rings. The summed E-state index contributed by atoms with van der Waals surface area (Å²) in [6.07, 6.45) is 6.37. The van der Waals surface area contributed by atoms with Crippen LogP contribution in [0.15, 0.2) is 12.4 Å². The van der Waals surface area contributed by atoms with Gasteiger partial charge in [0.15, 0.2) is 0 Å². The van der Waals surface area contributed by atoms with Gasteiger partial charge in [-0.05, 0) is 19.4 Å². The molecular formula is C11H21N3O2S. The van der Waals surface area contributed by atoms with E-state index in [0.29, 0.717) is 6.42 Å². The van der Waals surface area contributed by atoms with Crippen LogP contribution in [0.1, 0.15) is 31.6 Å². The Balaban J connectivity index is 2.59. The second-order valence-corrected chi connectivity index (χ2v) is 6.54. The highest BCUT2D eigenvalue weighted by Gasteiger charge is 2.15. The Labute approximate surface area is 103 Å². The van der Waals surface area contributed by atoms with E-state index in [-0.39, 0.29) is 11.8 Å². The second-order valence-electron chi connectivity index (χ2n) is 4.28. The summed E-state index contributed by atoms with van der Waals surface area (Å²) in [6.45, 7) is 2.88. The van der Waals surface area contributed by atoms with Gasteiger partial charge in [0, 0.05) is 31.4 Å². The van der Waals surface area contributed by atoms with Gasteiger partial charge in [0.25, 0.3) is 0 Å². The van der Waals surface area contributed by atoms with E-state index in [4.69, 9.17) is 0 Å². The number of hydrogen-bond acceptors (Lipinski definition) is 4. The first-order valence-corrected chi connectivity index (χ1v) is 7.88. The van der Waals surface area contributed by atoms with Crippen LogP contribution in [0.25, 0.3) is 0 Å². The Kier molecular flexibility index (Phi) is 5.14. The Hall–Kier alpha value is -0.880. The zero-order valence-electron chi connectivity index (χ0n) is 10.7. The number of imidazole rings is 1. The summed E-state index contributed by atoms with van der Waals surface area (Å²) in [4.78, 5) is 4.30. The minimum absolute atomic E-state index is 0.127. The van der Waals surface area contributed by atoms with Gasteiger partial charge in [0.1, 0.15) is 15.7 Å². The van der Waals surface area contributed by atoms with Crippen molar-refractivity contribution < 1.29 is 8.42 Å². The van der Waals surface area contributed by atoms with Crippen molar-refractivity contribution in [1.29, 1.82) is 0 Å². The van der Waals surface area contributed by atoms with E-state index in [1.54, 1.807) is 6.20 Å². The van der Waals surface area contributed by atoms with Gasteiger partial charge in [0.2, 0.25) is 0 Å². The Bertz CT molecular complexity index is 439. The molecule has 0 aliphatic carbocycles. The fraction of sp³-hybridized carbons (Fsp3) is 0.727. The SMILES string of the molecule is CCNC(CCCS(C)(=O)=O)c1nccn1C. The summed E-state index contributed by atoms with van der Waals surface area (Å²) < 4.78 is 24.1.